The highest BCUT2D eigenvalue weighted by molar-refractivity contribution is 7.99. The maximum absolute atomic E-state index is 12.5. The number of carbonyl (C=O) groups excluding carboxylic acids is 1. The molecule has 1 aromatic carbocycles. The number of benzene rings is 1. The Balaban J connectivity index is 1.47. The van der Waals surface area contributed by atoms with Gasteiger partial charge in [-0.25, -0.2) is 0 Å². The number of aromatic nitrogens is 2. The molecule has 4 rings (SSSR count). The number of amides is 1. The van der Waals surface area contributed by atoms with Crippen LogP contribution in [0.5, 0.6) is 5.95 Å². The van der Waals surface area contributed by atoms with Crippen molar-refractivity contribution in [3.63, 3.8) is 0 Å². The smallest absolute Gasteiger partial charge is 0.298 e. The van der Waals surface area contributed by atoms with Gasteiger partial charge in [-0.2, -0.15) is 5.26 Å². The van der Waals surface area contributed by atoms with E-state index >= 15 is 0 Å². The molecular formula is C19H16N4O3S2. The van der Waals surface area contributed by atoms with Gasteiger partial charge in [0.2, 0.25) is 11.6 Å². The summed E-state index contributed by atoms with van der Waals surface area (Å²) >= 11 is 2.53. The van der Waals surface area contributed by atoms with Gasteiger partial charge in [0.25, 0.3) is 5.03 Å². The Morgan fingerprint density at radius 2 is 2.14 bits per heavy atom. The molecule has 2 heterocycles. The Morgan fingerprint density at radius 3 is 2.93 bits per heavy atom. The fourth-order valence-electron chi connectivity index (χ4n) is 3.16. The molecule has 1 N–H and O–H groups in total. The number of nitriles is 1. The van der Waals surface area contributed by atoms with E-state index in [0.717, 1.165) is 43.0 Å². The third-order valence-corrected chi connectivity index (χ3v) is 6.68. The molecule has 0 radical (unpaired) electrons. The van der Waals surface area contributed by atoms with Gasteiger partial charge < -0.3 is 14.9 Å². The number of carbonyl (C=O) groups is 1. The van der Waals surface area contributed by atoms with E-state index in [4.69, 9.17) is 4.52 Å². The lowest BCUT2D eigenvalue weighted by Gasteiger charge is -2.09. The molecule has 0 saturated heterocycles. The first-order valence-electron chi connectivity index (χ1n) is 8.79. The summed E-state index contributed by atoms with van der Waals surface area (Å²) in [5.41, 5.74) is 2.32. The number of para-hydroxylation sites is 1. The predicted octanol–water partition coefficient (Wildman–Crippen LogP) is 2.57. The van der Waals surface area contributed by atoms with E-state index in [1.807, 2.05) is 18.2 Å². The average molecular weight is 412 g/mol. The maximum Gasteiger partial charge on any atom is 0.298 e. The molecule has 3 aromatic rings. The number of rotatable bonds is 5. The fraction of sp³-hybridized carbons (Fsp3) is 0.263. The molecule has 2 aromatic heterocycles. The Morgan fingerprint density at radius 1 is 1.36 bits per heavy atom. The number of thioether (sulfide) groups is 1. The molecule has 0 fully saturated rings. The largest absolute Gasteiger partial charge is 0.538 e. The molecule has 0 aliphatic heterocycles. The van der Waals surface area contributed by atoms with Gasteiger partial charge in [-0.3, -0.25) is 4.79 Å². The van der Waals surface area contributed by atoms with Gasteiger partial charge in [0.1, 0.15) is 11.1 Å². The number of thiophene rings is 1. The second-order valence-electron chi connectivity index (χ2n) is 6.28. The van der Waals surface area contributed by atoms with Crippen molar-refractivity contribution in [2.75, 3.05) is 11.1 Å². The lowest BCUT2D eigenvalue weighted by Crippen LogP contribution is -2.35. The number of hydrogen-bond acceptors (Lipinski definition) is 7. The second-order valence-corrected chi connectivity index (χ2v) is 8.35. The number of aryl methyl sites for hydroxylation is 1. The number of nitrogens with one attached hydrogen (secondary N) is 1. The zero-order chi connectivity index (χ0) is 19.5. The number of hydrogen-bond donors (Lipinski definition) is 1. The van der Waals surface area contributed by atoms with Crippen LogP contribution in [0, 0.1) is 11.3 Å². The zero-order valence-electron chi connectivity index (χ0n) is 14.8. The van der Waals surface area contributed by atoms with Gasteiger partial charge >= 0.3 is 0 Å². The Hall–Kier alpha value is -2.83. The third-order valence-electron chi connectivity index (χ3n) is 4.45. The van der Waals surface area contributed by atoms with Gasteiger partial charge in [0, 0.05) is 17.0 Å². The minimum absolute atomic E-state index is 0.0106. The molecule has 0 saturated carbocycles. The van der Waals surface area contributed by atoms with Crippen molar-refractivity contribution < 1.29 is 19.1 Å². The molecule has 1 amide bonds. The number of nitrogens with zero attached hydrogens (tertiary/aromatic N) is 3. The predicted molar refractivity (Wildman–Crippen MR) is 103 cm³/mol. The van der Waals surface area contributed by atoms with Gasteiger partial charge in [-0.05, 0) is 47.7 Å². The first-order chi connectivity index (χ1) is 13.7. The van der Waals surface area contributed by atoms with E-state index < -0.39 is 5.95 Å². The van der Waals surface area contributed by atoms with Crippen molar-refractivity contribution in [3.05, 3.63) is 46.3 Å². The van der Waals surface area contributed by atoms with Crippen LogP contribution >= 0.6 is 23.1 Å². The molecule has 7 nitrogen and oxygen atoms in total. The SMILES string of the molecule is N#Cc1c(NC(=O)CSc2c([O-])on[n+]2-c2ccccc2)sc2c1CCCC2. The minimum atomic E-state index is -0.592. The zero-order valence-corrected chi connectivity index (χ0v) is 16.4. The van der Waals surface area contributed by atoms with Gasteiger partial charge in [0.15, 0.2) is 5.95 Å². The number of fused-ring (bicyclic) bond motifs is 1. The van der Waals surface area contributed by atoms with E-state index in [-0.39, 0.29) is 16.7 Å². The highest BCUT2D eigenvalue weighted by Crippen LogP contribution is 2.37. The van der Waals surface area contributed by atoms with Crippen molar-refractivity contribution in [1.29, 1.82) is 5.26 Å². The van der Waals surface area contributed by atoms with Crippen LogP contribution in [0.1, 0.15) is 28.8 Å². The van der Waals surface area contributed by atoms with Crippen LogP contribution in [0.2, 0.25) is 0 Å². The van der Waals surface area contributed by atoms with Gasteiger partial charge in [0.05, 0.1) is 16.6 Å². The highest BCUT2D eigenvalue weighted by atomic mass is 32.2. The maximum atomic E-state index is 12.5. The first-order valence-corrected chi connectivity index (χ1v) is 10.6. The molecule has 9 heteroatoms. The monoisotopic (exact) mass is 412 g/mol. The van der Waals surface area contributed by atoms with Crippen molar-refractivity contribution in [2.45, 2.75) is 30.7 Å². The van der Waals surface area contributed by atoms with Crippen LogP contribution in [-0.4, -0.2) is 16.9 Å². The first kappa shape index (κ1) is 18.5. The van der Waals surface area contributed by atoms with E-state index in [2.05, 4.69) is 16.7 Å². The third kappa shape index (κ3) is 3.61. The Labute approximate surface area is 169 Å². The summed E-state index contributed by atoms with van der Waals surface area (Å²) in [6.45, 7) is 0. The van der Waals surface area contributed by atoms with Crippen LogP contribution in [0.3, 0.4) is 0 Å². The molecule has 142 valence electrons. The van der Waals surface area contributed by atoms with Crippen molar-refractivity contribution in [3.8, 4) is 17.7 Å². The van der Waals surface area contributed by atoms with Gasteiger partial charge in [-0.15, -0.1) is 11.3 Å². The highest BCUT2D eigenvalue weighted by Gasteiger charge is 2.24. The molecule has 1 aliphatic carbocycles. The summed E-state index contributed by atoms with van der Waals surface area (Å²) in [5, 5.41) is 28.9. The summed E-state index contributed by atoms with van der Waals surface area (Å²) in [5.74, 6) is -0.859. The van der Waals surface area contributed by atoms with Crippen molar-refractivity contribution in [1.82, 2.24) is 5.27 Å². The van der Waals surface area contributed by atoms with Crippen LogP contribution in [-0.2, 0) is 17.6 Å². The summed E-state index contributed by atoms with van der Waals surface area (Å²) in [7, 11) is 0. The average Bonchev–Trinajstić information content (AvgIpc) is 3.26. The van der Waals surface area contributed by atoms with E-state index in [1.165, 1.54) is 20.9 Å². The van der Waals surface area contributed by atoms with E-state index in [1.54, 1.807) is 12.1 Å². The number of anilines is 1. The topological polar surface area (TPSA) is 106 Å². The summed E-state index contributed by atoms with van der Waals surface area (Å²) in [6, 6.07) is 11.3. The van der Waals surface area contributed by atoms with E-state index in [9.17, 15) is 15.2 Å². The molecule has 0 unspecified atom stereocenters. The second kappa shape index (κ2) is 8.04. The van der Waals surface area contributed by atoms with Crippen LogP contribution in [0.15, 0.2) is 39.9 Å². The van der Waals surface area contributed by atoms with E-state index in [0.29, 0.717) is 16.3 Å². The molecule has 0 bridgehead atoms. The molecule has 1 aliphatic rings. The molecule has 0 spiro atoms. The normalized spacial score (nSPS) is 13.0. The summed E-state index contributed by atoms with van der Waals surface area (Å²) in [4.78, 5) is 13.6. The lowest BCUT2D eigenvalue weighted by atomic mass is 9.96. The Bertz CT molecular complexity index is 1050. The van der Waals surface area contributed by atoms with Crippen molar-refractivity contribution >= 4 is 34.0 Å². The van der Waals surface area contributed by atoms with Crippen LogP contribution in [0.4, 0.5) is 5.00 Å². The van der Waals surface area contributed by atoms with Crippen LogP contribution in [0.25, 0.3) is 5.69 Å². The standard InChI is InChI=1S/C19H16N4O3S2/c20-10-14-13-8-4-5-9-15(13)28-17(14)21-16(24)11-27-18-19(25)26-22-23(18)12-6-2-1-3-7-12/h1-3,6-7H,4-5,8-9,11H2,(H-,21,22,24,25). The minimum Gasteiger partial charge on any atom is -0.538 e. The Kier molecular flexibility index (Phi) is 5.32. The van der Waals surface area contributed by atoms with Crippen molar-refractivity contribution in [2.24, 2.45) is 0 Å². The fourth-order valence-corrected chi connectivity index (χ4v) is 5.18. The molecule has 28 heavy (non-hydrogen) atoms. The van der Waals surface area contributed by atoms with Crippen LogP contribution < -0.4 is 15.1 Å². The molecular weight excluding hydrogens is 396 g/mol. The lowest BCUT2D eigenvalue weighted by molar-refractivity contribution is -0.705. The molecule has 0 atom stereocenters. The quantitative estimate of drug-likeness (QED) is 0.510. The van der Waals surface area contributed by atoms with Gasteiger partial charge in [-0.1, -0.05) is 18.2 Å². The summed E-state index contributed by atoms with van der Waals surface area (Å²) < 4.78 is 6.14. The summed E-state index contributed by atoms with van der Waals surface area (Å²) in [6.07, 6.45) is 4.02.